The summed E-state index contributed by atoms with van der Waals surface area (Å²) in [6, 6.07) is 14.9. The minimum absolute atomic E-state index is 0.0295. The van der Waals surface area contributed by atoms with Crippen LogP contribution in [0.15, 0.2) is 48.5 Å². The average Bonchev–Trinajstić information content (AvgIpc) is 2.74. The number of ketones is 1. The number of benzene rings is 2. The fourth-order valence-corrected chi connectivity index (χ4v) is 3.91. The average molecular weight is 380 g/mol. The van der Waals surface area contributed by atoms with E-state index in [1.54, 1.807) is 19.2 Å². The third kappa shape index (κ3) is 4.68. The van der Waals surface area contributed by atoms with Crippen molar-refractivity contribution in [2.75, 3.05) is 20.3 Å². The minimum atomic E-state index is -0.100. The lowest BCUT2D eigenvalue weighted by Crippen LogP contribution is -2.44. The van der Waals surface area contributed by atoms with E-state index in [4.69, 9.17) is 4.74 Å². The Bertz CT molecular complexity index is 813. The lowest BCUT2D eigenvalue weighted by atomic mass is 9.94. The standard InChI is InChI=1S/C24H29NO3/c1-18-12-14-19(15-13-18)23(26)21-10-3-4-11-22(21)24(27)25-16-6-5-8-20(25)9-7-17-28-2/h3-4,10-15,20H,5-9,16-17H2,1-2H3/t20-/m1/s1. The molecule has 3 rings (SSSR count). The van der Waals surface area contributed by atoms with Gasteiger partial charge in [0.05, 0.1) is 5.56 Å². The first-order chi connectivity index (χ1) is 13.6. The summed E-state index contributed by atoms with van der Waals surface area (Å²) in [7, 11) is 1.71. The van der Waals surface area contributed by atoms with Crippen molar-refractivity contribution in [3.8, 4) is 0 Å². The van der Waals surface area contributed by atoms with E-state index >= 15 is 0 Å². The highest BCUT2D eigenvalue weighted by molar-refractivity contribution is 6.15. The number of carbonyl (C=O) groups is 2. The summed E-state index contributed by atoms with van der Waals surface area (Å²) < 4.78 is 5.17. The highest BCUT2D eigenvalue weighted by atomic mass is 16.5. The summed E-state index contributed by atoms with van der Waals surface area (Å²) in [6.07, 6.45) is 5.05. The van der Waals surface area contributed by atoms with E-state index in [-0.39, 0.29) is 17.7 Å². The van der Waals surface area contributed by atoms with E-state index in [1.807, 2.05) is 48.2 Å². The van der Waals surface area contributed by atoms with E-state index in [0.29, 0.717) is 23.3 Å². The van der Waals surface area contributed by atoms with Crippen LogP contribution in [0.4, 0.5) is 0 Å². The van der Waals surface area contributed by atoms with Gasteiger partial charge < -0.3 is 9.64 Å². The third-order valence-corrected chi connectivity index (χ3v) is 5.49. The van der Waals surface area contributed by atoms with Crippen LogP contribution in [0.2, 0.25) is 0 Å². The van der Waals surface area contributed by atoms with Crippen molar-refractivity contribution in [1.82, 2.24) is 4.90 Å². The third-order valence-electron chi connectivity index (χ3n) is 5.49. The Labute approximate surface area is 167 Å². The first-order valence-corrected chi connectivity index (χ1v) is 10.1. The summed E-state index contributed by atoms with van der Waals surface area (Å²) in [4.78, 5) is 28.4. The Hall–Kier alpha value is -2.46. The molecule has 0 bridgehead atoms. The molecule has 1 aliphatic rings. The minimum Gasteiger partial charge on any atom is -0.385 e. The van der Waals surface area contributed by atoms with Crippen molar-refractivity contribution < 1.29 is 14.3 Å². The molecule has 0 spiro atoms. The van der Waals surface area contributed by atoms with Gasteiger partial charge in [0, 0.05) is 37.4 Å². The topological polar surface area (TPSA) is 46.6 Å². The molecule has 0 unspecified atom stereocenters. The number of aryl methyl sites for hydroxylation is 1. The van der Waals surface area contributed by atoms with Gasteiger partial charge in [0.15, 0.2) is 5.78 Å². The zero-order chi connectivity index (χ0) is 19.9. The number of piperidine rings is 1. The van der Waals surface area contributed by atoms with Crippen molar-refractivity contribution in [3.05, 3.63) is 70.8 Å². The van der Waals surface area contributed by atoms with Crippen LogP contribution in [0, 0.1) is 6.92 Å². The summed E-state index contributed by atoms with van der Waals surface area (Å²) in [5, 5.41) is 0. The van der Waals surface area contributed by atoms with Crippen LogP contribution in [0.25, 0.3) is 0 Å². The molecule has 28 heavy (non-hydrogen) atoms. The molecular formula is C24H29NO3. The molecule has 2 aromatic carbocycles. The monoisotopic (exact) mass is 379 g/mol. The smallest absolute Gasteiger partial charge is 0.254 e. The number of nitrogens with zero attached hydrogens (tertiary/aromatic N) is 1. The van der Waals surface area contributed by atoms with Gasteiger partial charge in [0.1, 0.15) is 0 Å². The van der Waals surface area contributed by atoms with Crippen LogP contribution in [0.3, 0.4) is 0 Å². The number of methoxy groups -OCH3 is 1. The van der Waals surface area contributed by atoms with Crippen molar-refractivity contribution in [2.45, 2.75) is 45.1 Å². The van der Waals surface area contributed by atoms with Gasteiger partial charge in [0.2, 0.25) is 0 Å². The fourth-order valence-electron chi connectivity index (χ4n) is 3.91. The van der Waals surface area contributed by atoms with Gasteiger partial charge in [-0.25, -0.2) is 0 Å². The van der Waals surface area contributed by atoms with Crippen LogP contribution in [0.1, 0.15) is 63.9 Å². The molecule has 4 heteroatoms. The molecule has 148 valence electrons. The molecule has 0 radical (unpaired) electrons. The van der Waals surface area contributed by atoms with E-state index in [2.05, 4.69) is 0 Å². The molecule has 4 nitrogen and oxygen atoms in total. The van der Waals surface area contributed by atoms with Crippen LogP contribution in [-0.2, 0) is 4.74 Å². The number of amides is 1. The first-order valence-electron chi connectivity index (χ1n) is 10.1. The fraction of sp³-hybridized carbons (Fsp3) is 0.417. The largest absolute Gasteiger partial charge is 0.385 e. The van der Waals surface area contributed by atoms with E-state index in [9.17, 15) is 9.59 Å². The van der Waals surface area contributed by atoms with Crippen LogP contribution >= 0.6 is 0 Å². The highest BCUT2D eigenvalue weighted by Gasteiger charge is 2.29. The van der Waals surface area contributed by atoms with Crippen LogP contribution < -0.4 is 0 Å². The number of carbonyl (C=O) groups excluding carboxylic acids is 2. The van der Waals surface area contributed by atoms with Gasteiger partial charge in [-0.1, -0.05) is 48.0 Å². The second kappa shape index (κ2) is 9.65. The van der Waals surface area contributed by atoms with Crippen molar-refractivity contribution in [1.29, 1.82) is 0 Å². The van der Waals surface area contributed by atoms with Gasteiger partial charge in [-0.3, -0.25) is 9.59 Å². The zero-order valence-corrected chi connectivity index (χ0v) is 16.8. The lowest BCUT2D eigenvalue weighted by molar-refractivity contribution is 0.0582. The van der Waals surface area contributed by atoms with E-state index in [1.165, 1.54) is 0 Å². The molecule has 1 aliphatic heterocycles. The lowest BCUT2D eigenvalue weighted by Gasteiger charge is -2.36. The predicted octanol–water partition coefficient (Wildman–Crippen LogP) is 4.65. The maximum absolute atomic E-state index is 13.4. The molecule has 0 aromatic heterocycles. The Balaban J connectivity index is 1.85. The molecule has 1 atom stereocenters. The second-order valence-corrected chi connectivity index (χ2v) is 7.52. The Morgan fingerprint density at radius 2 is 1.75 bits per heavy atom. The molecule has 0 saturated carbocycles. The van der Waals surface area contributed by atoms with Crippen LogP contribution in [-0.4, -0.2) is 42.9 Å². The van der Waals surface area contributed by atoms with Gasteiger partial charge in [-0.15, -0.1) is 0 Å². The van der Waals surface area contributed by atoms with Gasteiger partial charge in [-0.05, 0) is 45.1 Å². The summed E-state index contributed by atoms with van der Waals surface area (Å²) >= 11 is 0. The molecule has 0 aliphatic carbocycles. The highest BCUT2D eigenvalue weighted by Crippen LogP contribution is 2.25. The zero-order valence-electron chi connectivity index (χ0n) is 16.8. The Morgan fingerprint density at radius 3 is 2.46 bits per heavy atom. The SMILES string of the molecule is COCCC[C@H]1CCCCN1C(=O)c1ccccc1C(=O)c1ccc(C)cc1. The van der Waals surface area contributed by atoms with Gasteiger partial charge >= 0.3 is 0 Å². The number of ether oxygens (including phenoxy) is 1. The Kier molecular flexibility index (Phi) is 6.99. The maximum Gasteiger partial charge on any atom is 0.254 e. The normalized spacial score (nSPS) is 16.8. The number of hydrogen-bond donors (Lipinski definition) is 0. The molecule has 2 aromatic rings. The van der Waals surface area contributed by atoms with E-state index in [0.717, 1.165) is 44.2 Å². The molecule has 1 amide bonds. The summed E-state index contributed by atoms with van der Waals surface area (Å²) in [6.45, 7) is 3.45. The molecule has 1 saturated heterocycles. The number of hydrogen-bond acceptors (Lipinski definition) is 3. The number of likely N-dealkylation sites (tertiary alicyclic amines) is 1. The van der Waals surface area contributed by atoms with Crippen molar-refractivity contribution in [2.24, 2.45) is 0 Å². The molecular weight excluding hydrogens is 350 g/mol. The predicted molar refractivity (Wildman–Crippen MR) is 111 cm³/mol. The Morgan fingerprint density at radius 1 is 1.04 bits per heavy atom. The van der Waals surface area contributed by atoms with Crippen LogP contribution in [0.5, 0.6) is 0 Å². The summed E-state index contributed by atoms with van der Waals surface area (Å²) in [5.74, 6) is -0.130. The van der Waals surface area contributed by atoms with E-state index < -0.39 is 0 Å². The molecule has 0 N–H and O–H groups in total. The first kappa shape index (κ1) is 20.3. The second-order valence-electron chi connectivity index (χ2n) is 7.52. The van der Waals surface area contributed by atoms with Gasteiger partial charge in [0.25, 0.3) is 5.91 Å². The van der Waals surface area contributed by atoms with Crippen molar-refractivity contribution >= 4 is 11.7 Å². The quantitative estimate of drug-likeness (QED) is 0.520. The number of rotatable bonds is 7. The van der Waals surface area contributed by atoms with Crippen molar-refractivity contribution in [3.63, 3.8) is 0 Å². The summed E-state index contributed by atoms with van der Waals surface area (Å²) in [5.41, 5.74) is 2.71. The molecule has 1 fully saturated rings. The molecule has 1 heterocycles. The maximum atomic E-state index is 13.4. The van der Waals surface area contributed by atoms with Gasteiger partial charge in [-0.2, -0.15) is 0 Å².